The molecule has 36 heavy (non-hydrogen) atoms. The molecule has 1 aromatic carbocycles. The number of aromatic nitrogens is 3. The summed E-state index contributed by atoms with van der Waals surface area (Å²) in [6.07, 6.45) is 0.958. The molecular formula is C26H26ClF2N5OS. The highest BCUT2D eigenvalue weighted by molar-refractivity contribution is 7.15. The van der Waals surface area contributed by atoms with Gasteiger partial charge in [0, 0.05) is 45.8 Å². The van der Waals surface area contributed by atoms with Crippen molar-refractivity contribution in [2.24, 2.45) is 10.9 Å². The summed E-state index contributed by atoms with van der Waals surface area (Å²) in [6.45, 7) is 5.94. The molecule has 10 heteroatoms. The maximum absolute atomic E-state index is 13.7. The van der Waals surface area contributed by atoms with Crippen LogP contribution >= 0.6 is 22.9 Å². The number of hydrogen-bond acceptors (Lipinski definition) is 5. The third-order valence-electron chi connectivity index (χ3n) is 7.41. The minimum Gasteiger partial charge on any atom is -0.353 e. The van der Waals surface area contributed by atoms with Crippen molar-refractivity contribution in [2.45, 2.75) is 70.4 Å². The summed E-state index contributed by atoms with van der Waals surface area (Å²) in [7, 11) is 0. The molecule has 0 spiro atoms. The molecule has 1 saturated carbocycles. The molecular weight excluding hydrogens is 504 g/mol. The van der Waals surface area contributed by atoms with E-state index in [9.17, 15) is 13.6 Å². The van der Waals surface area contributed by atoms with Crippen LogP contribution in [0.1, 0.15) is 66.3 Å². The third kappa shape index (κ3) is 3.78. The molecule has 6 nitrogen and oxygen atoms in total. The number of aliphatic imine (C=N–C) groups is 1. The Bertz CT molecular complexity index is 1430. The number of thiophene rings is 1. The quantitative estimate of drug-likeness (QED) is 0.494. The van der Waals surface area contributed by atoms with Crippen LogP contribution in [0.5, 0.6) is 0 Å². The molecule has 3 heterocycles. The zero-order valence-corrected chi connectivity index (χ0v) is 21.8. The number of fused-ring (bicyclic) bond motifs is 5. The second-order valence-electron chi connectivity index (χ2n) is 10.5. The highest BCUT2D eigenvalue weighted by atomic mass is 35.5. The van der Waals surface area contributed by atoms with Crippen molar-refractivity contribution in [2.75, 3.05) is 0 Å². The topological polar surface area (TPSA) is 72.2 Å². The van der Waals surface area contributed by atoms with Gasteiger partial charge in [0.05, 0.1) is 5.71 Å². The number of carbonyl (C=O) groups excluding carboxylic acids is 1. The second kappa shape index (κ2) is 8.18. The van der Waals surface area contributed by atoms with Gasteiger partial charge in [0.25, 0.3) is 0 Å². The molecule has 0 unspecified atom stereocenters. The molecule has 0 saturated heterocycles. The number of benzene rings is 1. The number of halogens is 3. The van der Waals surface area contributed by atoms with Gasteiger partial charge in [-0.15, -0.1) is 21.5 Å². The molecule has 1 aliphatic heterocycles. The predicted octanol–water partition coefficient (Wildman–Crippen LogP) is 5.40. The lowest BCUT2D eigenvalue weighted by atomic mass is 9.96. The fourth-order valence-electron chi connectivity index (χ4n) is 5.64. The maximum Gasteiger partial charge on any atom is 0.250 e. The van der Waals surface area contributed by atoms with Crippen molar-refractivity contribution < 1.29 is 13.6 Å². The Morgan fingerprint density at radius 3 is 2.72 bits per heavy atom. The van der Waals surface area contributed by atoms with Crippen LogP contribution in [0.4, 0.5) is 8.78 Å². The van der Waals surface area contributed by atoms with Crippen LogP contribution in [0.25, 0.3) is 5.00 Å². The van der Waals surface area contributed by atoms with Crippen LogP contribution in [0.15, 0.2) is 29.3 Å². The van der Waals surface area contributed by atoms with Gasteiger partial charge in [-0.2, -0.15) is 0 Å². The lowest BCUT2D eigenvalue weighted by Gasteiger charge is -2.19. The first-order valence-corrected chi connectivity index (χ1v) is 13.3. The van der Waals surface area contributed by atoms with E-state index >= 15 is 0 Å². The predicted molar refractivity (Wildman–Crippen MR) is 136 cm³/mol. The van der Waals surface area contributed by atoms with Gasteiger partial charge >= 0.3 is 0 Å². The zero-order chi connectivity index (χ0) is 25.4. The Labute approximate surface area is 216 Å². The zero-order valence-electron chi connectivity index (χ0n) is 20.2. The molecule has 2 atom stereocenters. The highest BCUT2D eigenvalue weighted by Crippen LogP contribution is 2.46. The molecule has 1 N–H and O–H groups in total. The normalized spacial score (nSPS) is 23.4. The van der Waals surface area contributed by atoms with Crippen molar-refractivity contribution in [3.05, 3.63) is 62.5 Å². The number of alkyl halides is 2. The van der Waals surface area contributed by atoms with E-state index in [-0.39, 0.29) is 24.7 Å². The largest absolute Gasteiger partial charge is 0.353 e. The van der Waals surface area contributed by atoms with Gasteiger partial charge in [-0.3, -0.25) is 14.4 Å². The minimum absolute atomic E-state index is 0.152. The Morgan fingerprint density at radius 1 is 1.22 bits per heavy atom. The molecule has 1 fully saturated rings. The van der Waals surface area contributed by atoms with Crippen LogP contribution in [0.3, 0.4) is 0 Å². The molecule has 6 rings (SSSR count). The van der Waals surface area contributed by atoms with Crippen LogP contribution in [0, 0.1) is 12.8 Å². The smallest absolute Gasteiger partial charge is 0.250 e. The molecule has 0 bridgehead atoms. The van der Waals surface area contributed by atoms with Crippen molar-refractivity contribution in [3.63, 3.8) is 0 Å². The summed E-state index contributed by atoms with van der Waals surface area (Å²) in [6, 6.07) is 7.17. The van der Waals surface area contributed by atoms with E-state index in [0.717, 1.165) is 43.9 Å². The summed E-state index contributed by atoms with van der Waals surface area (Å²) < 4.78 is 29.4. The number of amides is 1. The second-order valence-corrected chi connectivity index (χ2v) is 12.0. The number of rotatable bonds is 3. The van der Waals surface area contributed by atoms with Crippen molar-refractivity contribution in [3.8, 4) is 5.00 Å². The van der Waals surface area contributed by atoms with Crippen molar-refractivity contribution in [1.82, 2.24) is 20.1 Å². The average Bonchev–Trinajstić information content (AvgIpc) is 3.53. The number of nitrogens with zero attached hydrogens (tertiary/aromatic N) is 4. The van der Waals surface area contributed by atoms with Crippen LogP contribution in [0.2, 0.25) is 5.02 Å². The number of carbonyl (C=O) groups is 1. The van der Waals surface area contributed by atoms with Gasteiger partial charge in [0.1, 0.15) is 16.4 Å². The first-order valence-electron chi connectivity index (χ1n) is 12.1. The van der Waals surface area contributed by atoms with E-state index in [0.29, 0.717) is 24.3 Å². The Morgan fingerprint density at radius 2 is 2.00 bits per heavy atom. The molecule has 2 aliphatic carbocycles. The first-order chi connectivity index (χ1) is 17.0. The van der Waals surface area contributed by atoms with E-state index in [2.05, 4.69) is 20.1 Å². The van der Waals surface area contributed by atoms with Crippen molar-refractivity contribution in [1.29, 1.82) is 0 Å². The first kappa shape index (κ1) is 23.7. The van der Waals surface area contributed by atoms with E-state index in [1.165, 1.54) is 0 Å². The average molecular weight is 530 g/mol. The summed E-state index contributed by atoms with van der Waals surface area (Å²) in [5, 5.41) is 13.3. The summed E-state index contributed by atoms with van der Waals surface area (Å²) in [5.41, 5.74) is 2.97. The van der Waals surface area contributed by atoms with Crippen LogP contribution < -0.4 is 5.32 Å². The van der Waals surface area contributed by atoms with Crippen LogP contribution in [-0.2, 0) is 23.2 Å². The molecule has 0 radical (unpaired) electrons. The molecule has 3 aliphatic rings. The number of aryl methyl sites for hydroxylation is 1. The molecule has 3 aromatic rings. The lowest BCUT2D eigenvalue weighted by molar-refractivity contribution is -0.125. The van der Waals surface area contributed by atoms with Crippen molar-refractivity contribution >= 4 is 34.6 Å². The summed E-state index contributed by atoms with van der Waals surface area (Å²) >= 11 is 8.29. The maximum atomic E-state index is 13.7. The monoisotopic (exact) mass is 529 g/mol. The SMILES string of the molecule is Cc1nnc2n1-c1sc3c(c1C(c1ccccc1Cl)=NC2(C)C)C[C@H](C(=O)N[C@@H]1CCC(F)(F)C1)C3. The van der Waals surface area contributed by atoms with Gasteiger partial charge in [-0.1, -0.05) is 29.8 Å². The van der Waals surface area contributed by atoms with E-state index < -0.39 is 17.5 Å². The van der Waals surface area contributed by atoms with Gasteiger partial charge in [-0.25, -0.2) is 8.78 Å². The van der Waals surface area contributed by atoms with E-state index in [4.69, 9.17) is 16.6 Å². The lowest BCUT2D eigenvalue weighted by Crippen LogP contribution is -2.38. The number of hydrogen-bond donors (Lipinski definition) is 1. The Hall–Kier alpha value is -2.65. The number of nitrogens with one attached hydrogen (secondary N) is 1. The molecule has 2 aromatic heterocycles. The van der Waals surface area contributed by atoms with Gasteiger partial charge in [-0.05, 0) is 51.7 Å². The van der Waals surface area contributed by atoms with Gasteiger partial charge in [0.15, 0.2) is 5.82 Å². The van der Waals surface area contributed by atoms with E-state index in [1.54, 1.807) is 11.3 Å². The summed E-state index contributed by atoms with van der Waals surface area (Å²) in [4.78, 5) is 19.4. The Kier molecular flexibility index (Phi) is 5.39. The van der Waals surface area contributed by atoms with Gasteiger partial charge in [0.2, 0.25) is 11.8 Å². The fraction of sp³-hybridized carbons (Fsp3) is 0.462. The standard InChI is InChI=1S/C26H26ClF2N5OS/c1-13-32-33-24-25(2,3)31-21(16-6-4-5-7-18(16)27)20-17-10-14(11-19(17)36-23(20)34(13)24)22(35)30-15-8-9-26(28,29)12-15/h4-7,14-15H,8-12H2,1-3H3,(H,30,35)/t14-,15+/m0/s1. The van der Waals surface area contributed by atoms with Gasteiger partial charge < -0.3 is 5.32 Å². The minimum atomic E-state index is -2.69. The molecule has 1 amide bonds. The van der Waals surface area contributed by atoms with Crippen LogP contribution in [-0.4, -0.2) is 38.3 Å². The third-order valence-corrected chi connectivity index (χ3v) is 8.98. The Balaban J connectivity index is 1.42. The van der Waals surface area contributed by atoms with E-state index in [1.807, 2.05) is 45.0 Å². The summed E-state index contributed by atoms with van der Waals surface area (Å²) in [5.74, 6) is -1.62. The molecule has 188 valence electrons. The highest BCUT2D eigenvalue weighted by Gasteiger charge is 2.43. The fourth-order valence-corrected chi connectivity index (χ4v) is 7.32.